The highest BCUT2D eigenvalue weighted by molar-refractivity contribution is 6.35. The largest absolute Gasteiger partial charge is 0.316 e. The van der Waals surface area contributed by atoms with Crippen LogP contribution in [0.15, 0.2) is 42.0 Å². The van der Waals surface area contributed by atoms with Crippen LogP contribution in [0.5, 0.6) is 0 Å². The summed E-state index contributed by atoms with van der Waals surface area (Å²) in [5.41, 5.74) is 7.87. The van der Waals surface area contributed by atoms with Crippen molar-refractivity contribution in [2.45, 2.75) is 27.7 Å². The summed E-state index contributed by atoms with van der Waals surface area (Å²) < 4.78 is 3.63. The Hall–Kier alpha value is -2.94. The van der Waals surface area contributed by atoms with Crippen molar-refractivity contribution >= 4 is 35.2 Å². The van der Waals surface area contributed by atoms with Gasteiger partial charge in [-0.1, -0.05) is 23.2 Å². The van der Waals surface area contributed by atoms with E-state index < -0.39 is 5.91 Å². The Morgan fingerprint density at radius 1 is 1.03 bits per heavy atom. The number of halogens is 2. The molecule has 1 N–H and O–H groups in total. The van der Waals surface area contributed by atoms with Crippen molar-refractivity contribution < 1.29 is 4.79 Å². The Balaban J connectivity index is 1.99. The first-order chi connectivity index (χ1) is 13.7. The maximum atomic E-state index is 12.6. The molecule has 1 amide bonds. The number of aromatic nitrogens is 2. The van der Waals surface area contributed by atoms with Crippen molar-refractivity contribution in [2.75, 3.05) is 5.43 Å². The van der Waals surface area contributed by atoms with Gasteiger partial charge in [0.15, 0.2) is 0 Å². The van der Waals surface area contributed by atoms with Crippen molar-refractivity contribution in [3.63, 3.8) is 0 Å². The minimum absolute atomic E-state index is 0.0138. The fourth-order valence-electron chi connectivity index (χ4n) is 3.28. The Bertz CT molecular complexity index is 1160. The highest BCUT2D eigenvalue weighted by Crippen LogP contribution is 2.29. The number of carbonyl (C=O) groups is 1. The number of carbonyl (C=O) groups excluding carboxylic acids is 1. The molecule has 0 aliphatic carbocycles. The predicted molar refractivity (Wildman–Crippen MR) is 117 cm³/mol. The van der Waals surface area contributed by atoms with Crippen LogP contribution in [0.3, 0.4) is 0 Å². The predicted octanol–water partition coefficient (Wildman–Crippen LogP) is 5.50. The zero-order valence-electron chi connectivity index (χ0n) is 16.5. The molecule has 29 heavy (non-hydrogen) atoms. The van der Waals surface area contributed by atoms with Crippen LogP contribution < -0.4 is 5.43 Å². The normalized spacial score (nSPS) is 11.4. The molecule has 148 valence electrons. The van der Waals surface area contributed by atoms with Crippen LogP contribution in [0.25, 0.3) is 11.8 Å². The van der Waals surface area contributed by atoms with E-state index in [1.54, 1.807) is 22.9 Å². The van der Waals surface area contributed by atoms with Gasteiger partial charge in [-0.3, -0.25) is 14.9 Å². The molecule has 0 aliphatic heterocycles. The molecular formula is C22H20Cl2N4O. The van der Waals surface area contributed by atoms with E-state index in [0.717, 1.165) is 34.0 Å². The molecule has 0 radical (unpaired) electrons. The molecule has 3 rings (SSSR count). The number of benzene rings is 1. The summed E-state index contributed by atoms with van der Waals surface area (Å²) in [5.74, 6) is -0.468. The maximum absolute atomic E-state index is 12.6. The van der Waals surface area contributed by atoms with E-state index in [2.05, 4.69) is 5.43 Å². The van der Waals surface area contributed by atoms with Crippen LogP contribution in [0.4, 0.5) is 0 Å². The summed E-state index contributed by atoms with van der Waals surface area (Å²) in [7, 11) is 0. The monoisotopic (exact) mass is 426 g/mol. The maximum Gasteiger partial charge on any atom is 0.280 e. The van der Waals surface area contributed by atoms with E-state index in [1.165, 1.54) is 0 Å². The summed E-state index contributed by atoms with van der Waals surface area (Å²) in [5, 5.41) is 10.6. The quantitative estimate of drug-likeness (QED) is 0.442. The van der Waals surface area contributed by atoms with Gasteiger partial charge in [-0.05, 0) is 75.7 Å². The molecule has 0 atom stereocenters. The average Bonchev–Trinajstić information content (AvgIpc) is 3.12. The zero-order valence-corrected chi connectivity index (χ0v) is 18.1. The number of hydrogen-bond donors (Lipinski definition) is 1. The number of nitrogens with zero attached hydrogens (tertiary/aromatic N) is 3. The third kappa shape index (κ3) is 4.09. The van der Waals surface area contributed by atoms with Gasteiger partial charge in [-0.2, -0.15) is 5.26 Å². The van der Waals surface area contributed by atoms with Crippen LogP contribution in [-0.2, 0) is 4.79 Å². The van der Waals surface area contributed by atoms with E-state index >= 15 is 0 Å². The topological polar surface area (TPSA) is 62.8 Å². The third-order valence-electron chi connectivity index (χ3n) is 4.77. The number of amides is 1. The number of nitriles is 1. The summed E-state index contributed by atoms with van der Waals surface area (Å²) in [4.78, 5) is 12.6. The van der Waals surface area contributed by atoms with Crippen LogP contribution in [0.2, 0.25) is 10.0 Å². The number of hydrogen-bond acceptors (Lipinski definition) is 2. The minimum atomic E-state index is -0.468. The fraction of sp³-hybridized carbons (Fsp3) is 0.182. The lowest BCUT2D eigenvalue weighted by Crippen LogP contribution is -2.25. The van der Waals surface area contributed by atoms with Gasteiger partial charge in [0.1, 0.15) is 11.6 Å². The second kappa shape index (κ2) is 8.20. The molecule has 0 unspecified atom stereocenters. The van der Waals surface area contributed by atoms with Gasteiger partial charge in [-0.25, -0.2) is 0 Å². The van der Waals surface area contributed by atoms with Gasteiger partial charge in [0.05, 0.1) is 10.7 Å². The fourth-order valence-corrected chi connectivity index (χ4v) is 3.77. The Kier molecular flexibility index (Phi) is 5.88. The Labute approximate surface area is 179 Å². The minimum Gasteiger partial charge on any atom is -0.316 e. The average molecular weight is 427 g/mol. The van der Waals surface area contributed by atoms with Crippen LogP contribution >= 0.6 is 23.2 Å². The van der Waals surface area contributed by atoms with Crippen molar-refractivity contribution in [1.29, 1.82) is 5.26 Å². The lowest BCUT2D eigenvalue weighted by molar-refractivity contribution is -0.113. The highest BCUT2D eigenvalue weighted by Gasteiger charge is 2.16. The molecule has 0 aliphatic rings. The molecule has 0 saturated carbocycles. The van der Waals surface area contributed by atoms with Crippen molar-refractivity contribution in [1.82, 2.24) is 9.24 Å². The summed E-state index contributed by atoms with van der Waals surface area (Å²) in [6, 6.07) is 13.0. The molecule has 3 aromatic rings. The molecule has 7 heteroatoms. The zero-order chi connectivity index (χ0) is 21.3. The first-order valence-electron chi connectivity index (χ1n) is 8.95. The number of rotatable bonds is 4. The second-order valence-corrected chi connectivity index (χ2v) is 7.66. The second-order valence-electron chi connectivity index (χ2n) is 6.82. The lowest BCUT2D eigenvalue weighted by atomic mass is 10.1. The molecule has 5 nitrogen and oxygen atoms in total. The molecular weight excluding hydrogens is 407 g/mol. The van der Waals surface area contributed by atoms with Gasteiger partial charge in [0.25, 0.3) is 5.91 Å². The molecule has 0 bridgehead atoms. The van der Waals surface area contributed by atoms with Crippen LogP contribution in [0.1, 0.15) is 28.3 Å². The van der Waals surface area contributed by atoms with Crippen molar-refractivity contribution in [2.24, 2.45) is 0 Å². The van der Waals surface area contributed by atoms with E-state index in [-0.39, 0.29) is 5.57 Å². The van der Waals surface area contributed by atoms with Gasteiger partial charge >= 0.3 is 0 Å². The van der Waals surface area contributed by atoms with E-state index in [0.29, 0.717) is 10.0 Å². The van der Waals surface area contributed by atoms with Crippen LogP contribution in [0, 0.1) is 39.0 Å². The molecule has 0 fully saturated rings. The summed E-state index contributed by atoms with van der Waals surface area (Å²) >= 11 is 12.4. The van der Waals surface area contributed by atoms with Gasteiger partial charge in [0, 0.05) is 27.8 Å². The van der Waals surface area contributed by atoms with Gasteiger partial charge < -0.3 is 4.57 Å². The molecule has 1 aromatic carbocycles. The third-order valence-corrected chi connectivity index (χ3v) is 5.31. The highest BCUT2D eigenvalue weighted by atomic mass is 35.5. The van der Waals surface area contributed by atoms with E-state index in [9.17, 15) is 10.1 Å². The number of aryl methyl sites for hydroxylation is 3. The standard InChI is InChI=1S/C22H20Cl2N4O/c1-13-5-6-14(2)28(13)26-22(29)18(12-25)10-17-9-15(3)27(16(17)4)21-8-7-19(23)11-20(21)24/h5-11H,1-4H3,(H,26,29)/b18-10-. The first kappa shape index (κ1) is 20.8. The van der Waals surface area contributed by atoms with Crippen molar-refractivity contribution in [3.05, 3.63) is 80.4 Å². The molecule has 2 aromatic heterocycles. The molecule has 0 spiro atoms. The first-order valence-corrected chi connectivity index (χ1v) is 9.71. The Morgan fingerprint density at radius 2 is 1.69 bits per heavy atom. The van der Waals surface area contributed by atoms with Crippen LogP contribution in [-0.4, -0.2) is 15.2 Å². The Morgan fingerprint density at radius 3 is 2.28 bits per heavy atom. The van der Waals surface area contributed by atoms with E-state index in [1.807, 2.05) is 62.6 Å². The van der Waals surface area contributed by atoms with Gasteiger partial charge in [0.2, 0.25) is 0 Å². The number of nitrogens with one attached hydrogen (secondary N) is 1. The summed E-state index contributed by atoms with van der Waals surface area (Å²) in [6.07, 6.45) is 1.59. The van der Waals surface area contributed by atoms with E-state index in [4.69, 9.17) is 23.2 Å². The molecule has 2 heterocycles. The molecule has 0 saturated heterocycles. The summed E-state index contributed by atoms with van der Waals surface area (Å²) in [6.45, 7) is 7.61. The van der Waals surface area contributed by atoms with Crippen molar-refractivity contribution in [3.8, 4) is 11.8 Å². The lowest BCUT2D eigenvalue weighted by Gasteiger charge is -2.12. The van der Waals surface area contributed by atoms with Gasteiger partial charge in [-0.15, -0.1) is 0 Å². The SMILES string of the molecule is Cc1ccc(C)n1NC(=O)/C(C#N)=C\c1cc(C)n(-c2ccc(Cl)cc2Cl)c1C. The smallest absolute Gasteiger partial charge is 0.280 e.